The van der Waals surface area contributed by atoms with Crippen molar-refractivity contribution in [3.8, 4) is 0 Å². The minimum Gasteiger partial charge on any atom is -0.396 e. The third kappa shape index (κ3) is 15.6. The smallest absolute Gasteiger partial charge is 0.119 e. The van der Waals surface area contributed by atoms with Crippen molar-refractivity contribution in [3.63, 3.8) is 0 Å². The zero-order valence-corrected chi connectivity index (χ0v) is 12.0. The molecule has 0 fully saturated rings. The van der Waals surface area contributed by atoms with Gasteiger partial charge < -0.3 is 9.90 Å². The van der Waals surface area contributed by atoms with E-state index >= 15 is 0 Å². The molecule has 0 aromatic heterocycles. The van der Waals surface area contributed by atoms with Crippen LogP contribution in [0.1, 0.15) is 89.9 Å². The molecule has 18 heavy (non-hydrogen) atoms. The fourth-order valence-electron chi connectivity index (χ4n) is 2.28. The molecule has 0 atom stereocenters. The summed E-state index contributed by atoms with van der Waals surface area (Å²) in [6, 6.07) is 0. The van der Waals surface area contributed by atoms with Gasteiger partial charge in [0.15, 0.2) is 0 Å². The Kier molecular flexibility index (Phi) is 16.3. The molecule has 0 saturated carbocycles. The predicted octanol–water partition coefficient (Wildman–Crippen LogP) is 4.64. The lowest BCUT2D eigenvalue weighted by Crippen LogP contribution is -1.85. The summed E-state index contributed by atoms with van der Waals surface area (Å²) in [5.74, 6) is 0. The standard InChI is InChI=1S/C16H32O2/c17-15-13-11-9-7-5-3-1-2-4-6-8-10-12-14-16-18/h15,18H,1-14,16H2. The van der Waals surface area contributed by atoms with Gasteiger partial charge in [0.1, 0.15) is 6.29 Å². The maximum absolute atomic E-state index is 10.1. The highest BCUT2D eigenvalue weighted by Gasteiger charge is 1.93. The fourth-order valence-corrected chi connectivity index (χ4v) is 2.28. The summed E-state index contributed by atoms with van der Waals surface area (Å²) in [5.41, 5.74) is 0. The van der Waals surface area contributed by atoms with Crippen LogP contribution >= 0.6 is 0 Å². The molecule has 0 aliphatic rings. The summed E-state index contributed by atoms with van der Waals surface area (Å²) in [7, 11) is 0. The molecule has 0 spiro atoms. The zero-order chi connectivity index (χ0) is 13.3. The molecule has 0 aromatic rings. The molecule has 0 heterocycles. The molecule has 0 saturated heterocycles. The van der Waals surface area contributed by atoms with E-state index in [1.807, 2.05) is 0 Å². The number of carbonyl (C=O) groups is 1. The molecule has 0 aliphatic carbocycles. The number of rotatable bonds is 15. The van der Waals surface area contributed by atoms with Gasteiger partial charge in [-0.3, -0.25) is 0 Å². The third-order valence-corrected chi connectivity index (χ3v) is 3.48. The lowest BCUT2D eigenvalue weighted by atomic mass is 10.0. The Bertz CT molecular complexity index is 157. The molecule has 0 bridgehead atoms. The molecule has 0 unspecified atom stereocenters. The largest absolute Gasteiger partial charge is 0.396 e. The summed E-state index contributed by atoms with van der Waals surface area (Å²) >= 11 is 0. The first-order valence-electron chi connectivity index (χ1n) is 7.96. The van der Waals surface area contributed by atoms with Gasteiger partial charge in [-0.05, 0) is 12.8 Å². The van der Waals surface area contributed by atoms with Crippen LogP contribution in [0.3, 0.4) is 0 Å². The predicted molar refractivity (Wildman–Crippen MR) is 77.8 cm³/mol. The minimum atomic E-state index is 0.354. The van der Waals surface area contributed by atoms with Crippen molar-refractivity contribution in [1.29, 1.82) is 0 Å². The Labute approximate surface area is 113 Å². The number of hydrogen-bond donors (Lipinski definition) is 1. The van der Waals surface area contributed by atoms with Crippen molar-refractivity contribution >= 4 is 6.29 Å². The molecule has 0 amide bonds. The Morgan fingerprint density at radius 3 is 1.22 bits per heavy atom. The molecule has 2 nitrogen and oxygen atoms in total. The van der Waals surface area contributed by atoms with Crippen LogP contribution in [0.15, 0.2) is 0 Å². The van der Waals surface area contributed by atoms with Crippen LogP contribution in [-0.2, 0) is 4.79 Å². The van der Waals surface area contributed by atoms with E-state index in [0.717, 1.165) is 25.5 Å². The second-order valence-electron chi connectivity index (χ2n) is 5.28. The molecular weight excluding hydrogens is 224 g/mol. The number of unbranched alkanes of at least 4 members (excludes halogenated alkanes) is 13. The van der Waals surface area contributed by atoms with Crippen molar-refractivity contribution in [2.75, 3.05) is 6.61 Å². The highest BCUT2D eigenvalue weighted by Crippen LogP contribution is 2.12. The van der Waals surface area contributed by atoms with E-state index in [1.165, 1.54) is 70.6 Å². The number of aldehydes is 1. The topological polar surface area (TPSA) is 37.3 Å². The van der Waals surface area contributed by atoms with E-state index in [4.69, 9.17) is 5.11 Å². The normalized spacial score (nSPS) is 10.7. The maximum Gasteiger partial charge on any atom is 0.119 e. The second kappa shape index (κ2) is 16.6. The van der Waals surface area contributed by atoms with Crippen LogP contribution in [-0.4, -0.2) is 18.0 Å². The average Bonchev–Trinajstić information content (AvgIpc) is 2.39. The van der Waals surface area contributed by atoms with Crippen LogP contribution in [0.25, 0.3) is 0 Å². The van der Waals surface area contributed by atoms with Crippen molar-refractivity contribution in [2.45, 2.75) is 89.9 Å². The maximum atomic E-state index is 10.1. The number of aliphatic hydroxyl groups is 1. The second-order valence-corrected chi connectivity index (χ2v) is 5.28. The molecule has 0 aromatic carbocycles. The first kappa shape index (κ1) is 17.6. The summed E-state index contributed by atoms with van der Waals surface area (Å²) in [6.45, 7) is 0.354. The van der Waals surface area contributed by atoms with Gasteiger partial charge in [0, 0.05) is 13.0 Å². The highest BCUT2D eigenvalue weighted by molar-refractivity contribution is 5.48. The zero-order valence-electron chi connectivity index (χ0n) is 12.0. The summed E-state index contributed by atoms with van der Waals surface area (Å²) in [6.07, 6.45) is 18.4. The van der Waals surface area contributed by atoms with E-state index in [9.17, 15) is 4.79 Å². The number of aliphatic hydroxyl groups excluding tert-OH is 1. The van der Waals surface area contributed by atoms with Crippen LogP contribution in [0.4, 0.5) is 0 Å². The Morgan fingerprint density at radius 1 is 0.556 bits per heavy atom. The van der Waals surface area contributed by atoms with Crippen molar-refractivity contribution in [1.82, 2.24) is 0 Å². The van der Waals surface area contributed by atoms with Crippen LogP contribution < -0.4 is 0 Å². The van der Waals surface area contributed by atoms with Gasteiger partial charge in [-0.1, -0.05) is 70.6 Å². The lowest BCUT2D eigenvalue weighted by molar-refractivity contribution is -0.107. The van der Waals surface area contributed by atoms with Crippen molar-refractivity contribution < 1.29 is 9.90 Å². The van der Waals surface area contributed by atoms with E-state index in [1.54, 1.807) is 0 Å². The number of hydrogen-bond acceptors (Lipinski definition) is 2. The van der Waals surface area contributed by atoms with E-state index in [-0.39, 0.29) is 0 Å². The Balaban J connectivity index is 2.88. The first-order chi connectivity index (χ1) is 8.91. The van der Waals surface area contributed by atoms with Gasteiger partial charge >= 0.3 is 0 Å². The molecule has 0 radical (unpaired) electrons. The Morgan fingerprint density at radius 2 is 0.889 bits per heavy atom. The van der Waals surface area contributed by atoms with Gasteiger partial charge in [0.25, 0.3) is 0 Å². The van der Waals surface area contributed by atoms with Gasteiger partial charge in [0.2, 0.25) is 0 Å². The van der Waals surface area contributed by atoms with Crippen molar-refractivity contribution in [3.05, 3.63) is 0 Å². The first-order valence-corrected chi connectivity index (χ1v) is 7.96. The van der Waals surface area contributed by atoms with E-state index in [2.05, 4.69) is 0 Å². The van der Waals surface area contributed by atoms with E-state index < -0.39 is 0 Å². The monoisotopic (exact) mass is 256 g/mol. The quantitative estimate of drug-likeness (QED) is 0.342. The molecule has 1 N–H and O–H groups in total. The van der Waals surface area contributed by atoms with Gasteiger partial charge in [-0.2, -0.15) is 0 Å². The average molecular weight is 256 g/mol. The molecule has 0 rings (SSSR count). The van der Waals surface area contributed by atoms with Gasteiger partial charge in [-0.15, -0.1) is 0 Å². The van der Waals surface area contributed by atoms with Gasteiger partial charge in [-0.25, -0.2) is 0 Å². The SMILES string of the molecule is O=CCCCCCCCCCCCCCCCO. The summed E-state index contributed by atoms with van der Waals surface area (Å²) in [4.78, 5) is 10.1. The highest BCUT2D eigenvalue weighted by atomic mass is 16.2. The molecule has 0 aliphatic heterocycles. The Hall–Kier alpha value is -0.370. The number of carbonyl (C=O) groups excluding carboxylic acids is 1. The van der Waals surface area contributed by atoms with Crippen LogP contribution in [0.2, 0.25) is 0 Å². The molecule has 108 valence electrons. The summed E-state index contributed by atoms with van der Waals surface area (Å²) < 4.78 is 0. The molecule has 2 heteroatoms. The van der Waals surface area contributed by atoms with Crippen LogP contribution in [0, 0.1) is 0 Å². The molecular formula is C16H32O2. The van der Waals surface area contributed by atoms with Crippen LogP contribution in [0.5, 0.6) is 0 Å². The lowest BCUT2D eigenvalue weighted by Gasteiger charge is -2.02. The fraction of sp³-hybridized carbons (Fsp3) is 0.938. The van der Waals surface area contributed by atoms with Crippen molar-refractivity contribution in [2.24, 2.45) is 0 Å². The summed E-state index contributed by atoms with van der Waals surface area (Å²) in [5, 5.41) is 8.64. The minimum absolute atomic E-state index is 0.354. The third-order valence-electron chi connectivity index (χ3n) is 3.48. The van der Waals surface area contributed by atoms with E-state index in [0.29, 0.717) is 6.61 Å². The van der Waals surface area contributed by atoms with Gasteiger partial charge in [0.05, 0.1) is 0 Å².